The number of anilines is 1. The summed E-state index contributed by atoms with van der Waals surface area (Å²) in [5, 5.41) is 0. The summed E-state index contributed by atoms with van der Waals surface area (Å²) in [6.07, 6.45) is -1.94. The number of nitrogens with zero attached hydrogens (tertiary/aromatic N) is 1. The molecule has 1 amide bonds. The van der Waals surface area contributed by atoms with E-state index in [2.05, 4.69) is 0 Å². The smallest absolute Gasteiger partial charge is 0.352 e. The number of methoxy groups -OCH3 is 1. The zero-order valence-corrected chi connectivity index (χ0v) is 18.9. The predicted molar refractivity (Wildman–Crippen MR) is 125 cm³/mol. The van der Waals surface area contributed by atoms with Crippen LogP contribution in [-0.2, 0) is 14.3 Å². The van der Waals surface area contributed by atoms with Crippen LogP contribution in [0.3, 0.4) is 0 Å². The monoisotopic (exact) mass is 445 g/mol. The van der Waals surface area contributed by atoms with Crippen molar-refractivity contribution in [2.24, 2.45) is 5.41 Å². The van der Waals surface area contributed by atoms with E-state index in [0.717, 1.165) is 5.69 Å². The number of para-hydroxylation sites is 1. The lowest BCUT2D eigenvalue weighted by Crippen LogP contribution is -2.38. The van der Waals surface area contributed by atoms with Gasteiger partial charge in [-0.25, -0.2) is 4.79 Å². The average Bonchev–Trinajstić information content (AvgIpc) is 3.07. The molecule has 0 radical (unpaired) electrons. The molecule has 0 aromatic heterocycles. The number of ether oxygens (including phenoxy) is 3. The highest BCUT2D eigenvalue weighted by atomic mass is 16.6. The van der Waals surface area contributed by atoms with Crippen LogP contribution in [0, 0.1) is 5.41 Å². The highest BCUT2D eigenvalue weighted by Crippen LogP contribution is 2.37. The number of esters is 1. The predicted octanol–water partition coefficient (Wildman–Crippen LogP) is 4.80. The molecule has 2 atom stereocenters. The minimum atomic E-state index is -1.02. The fourth-order valence-electron chi connectivity index (χ4n) is 3.93. The first-order valence-electron chi connectivity index (χ1n) is 10.8. The number of carbonyl (C=O) groups is 2. The van der Waals surface area contributed by atoms with Gasteiger partial charge in [0.15, 0.2) is 6.10 Å². The molecule has 33 heavy (non-hydrogen) atoms. The molecule has 1 saturated heterocycles. The van der Waals surface area contributed by atoms with E-state index < -0.39 is 23.6 Å². The van der Waals surface area contributed by atoms with E-state index in [1.54, 1.807) is 48.4 Å². The minimum Gasteiger partial charge on any atom is -0.497 e. The second-order valence-electron chi connectivity index (χ2n) is 8.65. The van der Waals surface area contributed by atoms with Gasteiger partial charge in [0.25, 0.3) is 5.91 Å². The summed E-state index contributed by atoms with van der Waals surface area (Å²) in [4.78, 5) is 28.3. The summed E-state index contributed by atoms with van der Waals surface area (Å²) in [6.45, 7) is 4.30. The fourth-order valence-corrected chi connectivity index (χ4v) is 3.93. The van der Waals surface area contributed by atoms with Crippen molar-refractivity contribution in [2.45, 2.75) is 26.1 Å². The topological polar surface area (TPSA) is 65.1 Å². The Kier molecular flexibility index (Phi) is 6.36. The molecule has 0 bridgehead atoms. The van der Waals surface area contributed by atoms with Gasteiger partial charge >= 0.3 is 5.97 Å². The number of benzene rings is 3. The van der Waals surface area contributed by atoms with Gasteiger partial charge in [-0.3, -0.25) is 4.79 Å². The van der Waals surface area contributed by atoms with Crippen LogP contribution < -0.4 is 14.4 Å². The Hall–Kier alpha value is -3.80. The molecule has 0 spiro atoms. The largest absolute Gasteiger partial charge is 0.497 e. The Morgan fingerprint density at radius 1 is 0.909 bits per heavy atom. The van der Waals surface area contributed by atoms with Crippen LogP contribution in [0.2, 0.25) is 0 Å². The van der Waals surface area contributed by atoms with Crippen molar-refractivity contribution in [3.63, 3.8) is 0 Å². The summed E-state index contributed by atoms with van der Waals surface area (Å²) in [7, 11) is 1.58. The van der Waals surface area contributed by atoms with Gasteiger partial charge in [-0.05, 0) is 36.4 Å². The SMILES string of the molecule is COc1ccc(OC(C(=O)O[C@H]2C(=O)N(c3ccccc3)CC2(C)C)c2ccccc2)cc1. The Morgan fingerprint density at radius 2 is 1.48 bits per heavy atom. The molecule has 3 aromatic carbocycles. The molecule has 1 aliphatic rings. The van der Waals surface area contributed by atoms with Crippen LogP contribution in [-0.4, -0.2) is 31.6 Å². The molecule has 0 aliphatic carbocycles. The van der Waals surface area contributed by atoms with Gasteiger partial charge in [0.1, 0.15) is 11.5 Å². The third-order valence-electron chi connectivity index (χ3n) is 5.70. The van der Waals surface area contributed by atoms with Crippen molar-refractivity contribution in [2.75, 3.05) is 18.6 Å². The molecule has 6 nitrogen and oxygen atoms in total. The van der Waals surface area contributed by atoms with Crippen molar-refractivity contribution in [1.82, 2.24) is 0 Å². The lowest BCUT2D eigenvalue weighted by Gasteiger charge is -2.26. The molecule has 4 rings (SSSR count). The Bertz CT molecular complexity index is 1100. The van der Waals surface area contributed by atoms with Crippen LogP contribution >= 0.6 is 0 Å². The van der Waals surface area contributed by atoms with Gasteiger partial charge in [0, 0.05) is 23.2 Å². The molecule has 1 fully saturated rings. The minimum absolute atomic E-state index is 0.240. The molecular weight excluding hydrogens is 418 g/mol. The number of hydrogen-bond donors (Lipinski definition) is 0. The van der Waals surface area contributed by atoms with E-state index in [1.165, 1.54) is 0 Å². The Morgan fingerprint density at radius 3 is 2.09 bits per heavy atom. The van der Waals surface area contributed by atoms with E-state index in [9.17, 15) is 9.59 Å². The summed E-state index contributed by atoms with van der Waals surface area (Å²) >= 11 is 0. The van der Waals surface area contributed by atoms with Crippen LogP contribution in [0.25, 0.3) is 0 Å². The van der Waals surface area contributed by atoms with Crippen molar-refractivity contribution in [3.8, 4) is 11.5 Å². The van der Waals surface area contributed by atoms with E-state index in [-0.39, 0.29) is 5.91 Å². The van der Waals surface area contributed by atoms with Gasteiger partial charge in [-0.1, -0.05) is 62.4 Å². The van der Waals surface area contributed by atoms with Gasteiger partial charge in [-0.15, -0.1) is 0 Å². The Labute approximate surface area is 193 Å². The van der Waals surface area contributed by atoms with Crippen LogP contribution in [0.1, 0.15) is 25.5 Å². The van der Waals surface area contributed by atoms with Gasteiger partial charge in [-0.2, -0.15) is 0 Å². The summed E-state index contributed by atoms with van der Waals surface area (Å²) in [5.74, 6) is 0.319. The normalized spacial score (nSPS) is 18.0. The second kappa shape index (κ2) is 9.36. The van der Waals surface area contributed by atoms with Crippen molar-refractivity contribution in [1.29, 1.82) is 0 Å². The number of rotatable bonds is 7. The molecule has 1 aliphatic heterocycles. The first kappa shape index (κ1) is 22.4. The van der Waals surface area contributed by atoms with E-state index in [1.807, 2.05) is 62.4 Å². The maximum atomic E-state index is 13.4. The lowest BCUT2D eigenvalue weighted by molar-refractivity contribution is -0.165. The highest BCUT2D eigenvalue weighted by Gasteiger charge is 2.50. The molecule has 6 heteroatoms. The van der Waals surface area contributed by atoms with E-state index >= 15 is 0 Å². The van der Waals surface area contributed by atoms with Crippen LogP contribution in [0.5, 0.6) is 11.5 Å². The molecule has 170 valence electrons. The second-order valence-corrected chi connectivity index (χ2v) is 8.65. The zero-order chi connectivity index (χ0) is 23.4. The van der Waals surface area contributed by atoms with Crippen molar-refractivity contribution < 1.29 is 23.8 Å². The van der Waals surface area contributed by atoms with Crippen molar-refractivity contribution >= 4 is 17.6 Å². The number of hydrogen-bond acceptors (Lipinski definition) is 5. The lowest BCUT2D eigenvalue weighted by atomic mass is 9.89. The third-order valence-corrected chi connectivity index (χ3v) is 5.70. The van der Waals surface area contributed by atoms with Gasteiger partial charge in [0.05, 0.1) is 7.11 Å². The zero-order valence-electron chi connectivity index (χ0n) is 18.9. The third kappa shape index (κ3) is 4.85. The van der Waals surface area contributed by atoms with E-state index in [4.69, 9.17) is 14.2 Å². The first-order valence-corrected chi connectivity index (χ1v) is 10.8. The average molecular weight is 446 g/mol. The standard InChI is InChI=1S/C27H27NO5/c1-27(2)18-28(20-12-8-5-9-13-20)25(29)24(27)33-26(30)23(19-10-6-4-7-11-19)32-22-16-14-21(31-3)15-17-22/h4-17,23-24H,18H2,1-3H3/t23?,24-/m0/s1. The summed E-state index contributed by atoms with van der Waals surface area (Å²) in [6, 6.07) is 25.5. The molecule has 0 saturated carbocycles. The first-order chi connectivity index (χ1) is 15.9. The van der Waals surface area contributed by atoms with E-state index in [0.29, 0.717) is 23.6 Å². The molecular formula is C27H27NO5. The number of carbonyl (C=O) groups excluding carboxylic acids is 2. The summed E-state index contributed by atoms with van der Waals surface area (Å²) in [5.41, 5.74) is 0.855. The highest BCUT2D eigenvalue weighted by molar-refractivity contribution is 6.01. The molecule has 1 unspecified atom stereocenters. The molecule has 3 aromatic rings. The fraction of sp³-hybridized carbons (Fsp3) is 0.259. The Balaban J connectivity index is 1.57. The van der Waals surface area contributed by atoms with Crippen LogP contribution in [0.15, 0.2) is 84.9 Å². The van der Waals surface area contributed by atoms with Crippen molar-refractivity contribution in [3.05, 3.63) is 90.5 Å². The molecule has 1 heterocycles. The summed E-state index contributed by atoms with van der Waals surface area (Å²) < 4.78 is 17.1. The molecule has 0 N–H and O–H groups in total. The van der Waals surface area contributed by atoms with Gasteiger partial charge < -0.3 is 19.1 Å². The maximum Gasteiger partial charge on any atom is 0.352 e. The number of amides is 1. The maximum absolute atomic E-state index is 13.4. The quantitative estimate of drug-likeness (QED) is 0.489. The van der Waals surface area contributed by atoms with Gasteiger partial charge in [0.2, 0.25) is 6.10 Å². The van der Waals surface area contributed by atoms with Crippen LogP contribution in [0.4, 0.5) is 5.69 Å².